The summed E-state index contributed by atoms with van der Waals surface area (Å²) in [5.41, 5.74) is 2.00. The lowest BCUT2D eigenvalue weighted by molar-refractivity contribution is 0.698. The first-order chi connectivity index (χ1) is 8.16. The molecule has 0 unspecified atom stereocenters. The zero-order chi connectivity index (χ0) is 12.0. The topological polar surface area (TPSA) is 41.6 Å². The van der Waals surface area contributed by atoms with Gasteiger partial charge in [0.05, 0.1) is 15.6 Å². The number of fused-ring (bicyclic) bond motifs is 1. The van der Waals surface area contributed by atoms with Crippen LogP contribution in [0.4, 0.5) is 0 Å². The standard InChI is InChI=1S/C12H13BrClN3/c1-6-15-10(7-4-2-3-5-7)8-9(13)11(14)17-12(8)16-6/h7H,2-5H2,1H3,(H,15,16,17). The number of nitrogens with one attached hydrogen (secondary N) is 1. The molecule has 1 N–H and O–H groups in total. The normalized spacial score (nSPS) is 17.1. The molecule has 3 rings (SSSR count). The van der Waals surface area contributed by atoms with Crippen LogP contribution in [0.25, 0.3) is 11.0 Å². The van der Waals surface area contributed by atoms with Gasteiger partial charge in [-0.3, -0.25) is 0 Å². The van der Waals surface area contributed by atoms with E-state index in [-0.39, 0.29) is 0 Å². The second kappa shape index (κ2) is 4.25. The van der Waals surface area contributed by atoms with Crippen molar-refractivity contribution < 1.29 is 0 Å². The molecule has 1 aliphatic carbocycles. The van der Waals surface area contributed by atoms with E-state index in [1.165, 1.54) is 25.7 Å². The van der Waals surface area contributed by atoms with Crippen molar-refractivity contribution in [2.45, 2.75) is 38.5 Å². The highest BCUT2D eigenvalue weighted by atomic mass is 79.9. The fourth-order valence-corrected chi connectivity index (χ4v) is 3.34. The zero-order valence-corrected chi connectivity index (χ0v) is 11.9. The van der Waals surface area contributed by atoms with Crippen molar-refractivity contribution in [2.24, 2.45) is 0 Å². The summed E-state index contributed by atoms with van der Waals surface area (Å²) in [6.45, 7) is 1.93. The fourth-order valence-electron chi connectivity index (χ4n) is 2.66. The van der Waals surface area contributed by atoms with E-state index in [9.17, 15) is 0 Å². The van der Waals surface area contributed by atoms with Gasteiger partial charge in [0.1, 0.15) is 16.6 Å². The molecule has 1 saturated carbocycles. The first-order valence-corrected chi connectivity index (χ1v) is 7.05. The van der Waals surface area contributed by atoms with E-state index in [1.54, 1.807) is 0 Å². The third-order valence-electron chi connectivity index (χ3n) is 3.43. The first kappa shape index (κ1) is 11.5. The molecule has 1 aliphatic rings. The lowest BCUT2D eigenvalue weighted by Crippen LogP contribution is -2.01. The lowest BCUT2D eigenvalue weighted by Gasteiger charge is -2.10. The summed E-state index contributed by atoms with van der Waals surface area (Å²) < 4.78 is 0.899. The Hall–Kier alpha value is -0.610. The van der Waals surface area contributed by atoms with Crippen LogP contribution in [0.5, 0.6) is 0 Å². The van der Waals surface area contributed by atoms with Crippen molar-refractivity contribution >= 4 is 38.6 Å². The van der Waals surface area contributed by atoms with E-state index in [4.69, 9.17) is 11.6 Å². The van der Waals surface area contributed by atoms with Crippen molar-refractivity contribution in [3.8, 4) is 0 Å². The largest absolute Gasteiger partial charge is 0.329 e. The summed E-state index contributed by atoms with van der Waals surface area (Å²) in [7, 11) is 0. The molecule has 2 aromatic heterocycles. The molecule has 0 aliphatic heterocycles. The Kier molecular flexibility index (Phi) is 2.87. The third kappa shape index (κ3) is 1.87. The Morgan fingerprint density at radius 2 is 2.00 bits per heavy atom. The van der Waals surface area contributed by atoms with Gasteiger partial charge in [0.25, 0.3) is 0 Å². The highest BCUT2D eigenvalue weighted by Crippen LogP contribution is 2.40. The Balaban J connectivity index is 2.27. The summed E-state index contributed by atoms with van der Waals surface area (Å²) in [6, 6.07) is 0. The molecule has 2 heterocycles. The van der Waals surface area contributed by atoms with Gasteiger partial charge in [-0.1, -0.05) is 24.4 Å². The van der Waals surface area contributed by atoms with E-state index in [1.807, 2.05) is 6.92 Å². The highest BCUT2D eigenvalue weighted by Gasteiger charge is 2.24. The molecule has 0 aromatic carbocycles. The number of aromatic amines is 1. The van der Waals surface area contributed by atoms with Crippen molar-refractivity contribution in [1.29, 1.82) is 0 Å². The summed E-state index contributed by atoms with van der Waals surface area (Å²) in [5.74, 6) is 1.37. The monoisotopic (exact) mass is 313 g/mol. The molecular formula is C12H13BrClN3. The molecule has 0 bridgehead atoms. The molecule has 5 heteroatoms. The highest BCUT2D eigenvalue weighted by molar-refractivity contribution is 9.10. The van der Waals surface area contributed by atoms with Gasteiger partial charge in [0.2, 0.25) is 0 Å². The Morgan fingerprint density at radius 3 is 2.71 bits per heavy atom. The average molecular weight is 315 g/mol. The maximum absolute atomic E-state index is 6.11. The maximum atomic E-state index is 6.11. The number of hydrogen-bond acceptors (Lipinski definition) is 2. The van der Waals surface area contributed by atoms with E-state index in [2.05, 4.69) is 30.9 Å². The molecule has 90 valence electrons. The SMILES string of the molecule is Cc1nc(C2CCCC2)c2c(Br)c(Cl)[nH]c2n1. The van der Waals surface area contributed by atoms with Gasteiger partial charge in [-0.05, 0) is 35.7 Å². The van der Waals surface area contributed by atoms with Gasteiger partial charge in [-0.2, -0.15) is 0 Å². The second-order valence-electron chi connectivity index (χ2n) is 4.61. The first-order valence-electron chi connectivity index (χ1n) is 5.88. The minimum absolute atomic E-state index is 0.558. The molecule has 0 radical (unpaired) electrons. The number of aromatic nitrogens is 3. The van der Waals surface area contributed by atoms with Crippen molar-refractivity contribution in [3.63, 3.8) is 0 Å². The Morgan fingerprint density at radius 1 is 1.29 bits per heavy atom. The molecule has 0 atom stereocenters. The predicted octanol–water partition coefficient (Wildman–Crippen LogP) is 4.34. The number of aryl methyl sites for hydroxylation is 1. The van der Waals surface area contributed by atoms with Crippen LogP contribution in [0.2, 0.25) is 5.15 Å². The molecule has 1 fully saturated rings. The minimum Gasteiger partial charge on any atom is -0.329 e. The van der Waals surface area contributed by atoms with Crippen molar-refractivity contribution in [3.05, 3.63) is 21.1 Å². The molecule has 0 spiro atoms. The molecule has 17 heavy (non-hydrogen) atoms. The van der Waals surface area contributed by atoms with Crippen LogP contribution in [0.15, 0.2) is 4.47 Å². The van der Waals surface area contributed by atoms with E-state index >= 15 is 0 Å². The predicted molar refractivity (Wildman–Crippen MR) is 72.5 cm³/mol. The average Bonchev–Trinajstić information content (AvgIpc) is 2.88. The van der Waals surface area contributed by atoms with Crippen LogP contribution in [0.3, 0.4) is 0 Å². The zero-order valence-electron chi connectivity index (χ0n) is 9.56. The van der Waals surface area contributed by atoms with Crippen molar-refractivity contribution in [1.82, 2.24) is 15.0 Å². The van der Waals surface area contributed by atoms with E-state index in [0.717, 1.165) is 27.0 Å². The Labute approximate surface area is 113 Å². The van der Waals surface area contributed by atoms with Crippen LogP contribution in [-0.2, 0) is 0 Å². The number of rotatable bonds is 1. The van der Waals surface area contributed by atoms with Gasteiger partial charge in [-0.15, -0.1) is 0 Å². The molecule has 0 amide bonds. The van der Waals surface area contributed by atoms with Gasteiger partial charge in [0.15, 0.2) is 0 Å². The number of hydrogen-bond donors (Lipinski definition) is 1. The smallest absolute Gasteiger partial charge is 0.143 e. The van der Waals surface area contributed by atoms with Crippen molar-refractivity contribution in [2.75, 3.05) is 0 Å². The maximum Gasteiger partial charge on any atom is 0.143 e. The van der Waals surface area contributed by atoms with Crippen LogP contribution >= 0.6 is 27.5 Å². The van der Waals surface area contributed by atoms with Gasteiger partial charge >= 0.3 is 0 Å². The lowest BCUT2D eigenvalue weighted by atomic mass is 10.0. The molecular weight excluding hydrogens is 302 g/mol. The second-order valence-corrected chi connectivity index (χ2v) is 5.78. The summed E-state index contributed by atoms with van der Waals surface area (Å²) >= 11 is 9.64. The summed E-state index contributed by atoms with van der Waals surface area (Å²) in [5, 5.41) is 1.67. The molecule has 2 aromatic rings. The molecule has 0 saturated heterocycles. The number of H-pyrrole nitrogens is 1. The molecule has 3 nitrogen and oxygen atoms in total. The van der Waals surface area contributed by atoms with Crippen LogP contribution in [0.1, 0.15) is 43.1 Å². The minimum atomic E-state index is 0.558. The number of nitrogens with zero attached hydrogens (tertiary/aromatic N) is 2. The quantitative estimate of drug-likeness (QED) is 0.850. The fraction of sp³-hybridized carbons (Fsp3) is 0.500. The van der Waals surface area contributed by atoms with Crippen LogP contribution in [-0.4, -0.2) is 15.0 Å². The van der Waals surface area contributed by atoms with Crippen LogP contribution in [0, 0.1) is 6.92 Å². The summed E-state index contributed by atoms with van der Waals surface area (Å²) in [6.07, 6.45) is 5.04. The third-order valence-corrected chi connectivity index (χ3v) is 4.74. The van der Waals surface area contributed by atoms with Gasteiger partial charge < -0.3 is 4.98 Å². The van der Waals surface area contributed by atoms with Gasteiger partial charge in [0, 0.05) is 5.92 Å². The van der Waals surface area contributed by atoms with E-state index in [0.29, 0.717) is 11.1 Å². The summed E-state index contributed by atoms with van der Waals surface area (Å²) in [4.78, 5) is 12.1. The number of halogens is 2. The Bertz CT molecular complexity index is 573. The van der Waals surface area contributed by atoms with Crippen LogP contribution < -0.4 is 0 Å². The van der Waals surface area contributed by atoms with E-state index < -0.39 is 0 Å². The van der Waals surface area contributed by atoms with Gasteiger partial charge in [-0.25, -0.2) is 9.97 Å².